The van der Waals surface area contributed by atoms with E-state index in [0.29, 0.717) is 25.3 Å². The number of halogens is 5. The van der Waals surface area contributed by atoms with Crippen molar-refractivity contribution >= 4 is 22.8 Å². The highest BCUT2D eigenvalue weighted by Crippen LogP contribution is 2.50. The van der Waals surface area contributed by atoms with Gasteiger partial charge < -0.3 is 15.3 Å². The predicted octanol–water partition coefficient (Wildman–Crippen LogP) is 3.31. The number of hydrogen-bond acceptors (Lipinski definition) is 5. The number of anilines is 1. The van der Waals surface area contributed by atoms with Gasteiger partial charge in [0.2, 0.25) is 5.43 Å². The third-order valence-corrected chi connectivity index (χ3v) is 7.42. The van der Waals surface area contributed by atoms with Crippen molar-refractivity contribution in [2.45, 2.75) is 37.1 Å². The van der Waals surface area contributed by atoms with Crippen molar-refractivity contribution in [1.82, 2.24) is 14.9 Å². The Kier molecular flexibility index (Phi) is 5.14. The van der Waals surface area contributed by atoms with Gasteiger partial charge in [0.1, 0.15) is 34.7 Å². The second-order valence-electron chi connectivity index (χ2n) is 10.1. The maximum absolute atomic E-state index is 14.8. The van der Waals surface area contributed by atoms with Crippen LogP contribution in [0.4, 0.5) is 27.8 Å². The van der Waals surface area contributed by atoms with Crippen molar-refractivity contribution in [2.24, 2.45) is 11.8 Å². The monoisotopic (exact) mass is 520 g/mol. The standard InChI is InChI=1S/C25H21F5N4O3/c26-16-2-1-3-17(27)19(16)34-10-15(23(36)32-21(12-4-5-12)25(28,29)30)20(35)14-6-7-18(31-22(14)34)33-9-13-8-24(13,37)11-33/h1-3,6-7,10,12-13,21,37H,4-5,8-9,11H2,(H,32,36)/t13?,21-,24?/m1/s1. The lowest BCUT2D eigenvalue weighted by Gasteiger charge is -2.23. The summed E-state index contributed by atoms with van der Waals surface area (Å²) in [4.78, 5) is 32.4. The van der Waals surface area contributed by atoms with E-state index < -0.39 is 58.0 Å². The zero-order valence-corrected chi connectivity index (χ0v) is 19.2. The fourth-order valence-corrected chi connectivity index (χ4v) is 5.17. The van der Waals surface area contributed by atoms with E-state index in [1.165, 1.54) is 12.1 Å². The molecule has 1 aromatic carbocycles. The number of carbonyl (C=O) groups excluding carboxylic acids is 1. The van der Waals surface area contributed by atoms with E-state index in [4.69, 9.17) is 0 Å². The predicted molar refractivity (Wildman–Crippen MR) is 123 cm³/mol. The van der Waals surface area contributed by atoms with E-state index in [1.807, 2.05) is 5.32 Å². The topological polar surface area (TPSA) is 87.5 Å². The number of alkyl halides is 3. The van der Waals surface area contributed by atoms with Gasteiger partial charge >= 0.3 is 6.18 Å². The van der Waals surface area contributed by atoms with Crippen LogP contribution < -0.4 is 15.6 Å². The van der Waals surface area contributed by atoms with Crippen molar-refractivity contribution in [1.29, 1.82) is 0 Å². The largest absolute Gasteiger partial charge is 0.408 e. The molecule has 2 N–H and O–H groups in total. The van der Waals surface area contributed by atoms with Gasteiger partial charge in [0.25, 0.3) is 5.91 Å². The highest BCUT2D eigenvalue weighted by molar-refractivity contribution is 5.97. The van der Waals surface area contributed by atoms with Gasteiger partial charge in [0, 0.05) is 25.2 Å². The molecule has 2 unspecified atom stereocenters. The van der Waals surface area contributed by atoms with Gasteiger partial charge in [-0.3, -0.25) is 14.2 Å². The molecular formula is C25H21F5N4O3. The number of nitrogens with one attached hydrogen (secondary N) is 1. The van der Waals surface area contributed by atoms with E-state index >= 15 is 0 Å². The number of hydrogen-bond donors (Lipinski definition) is 2. The Hall–Kier alpha value is -3.54. The first kappa shape index (κ1) is 23.8. The number of nitrogens with zero attached hydrogens (tertiary/aromatic N) is 3. The first-order valence-corrected chi connectivity index (χ1v) is 11.8. The minimum Gasteiger partial charge on any atom is -0.388 e. The van der Waals surface area contributed by atoms with Crippen molar-refractivity contribution in [3.05, 3.63) is 63.9 Å². The summed E-state index contributed by atoms with van der Waals surface area (Å²) < 4.78 is 71.1. The molecule has 3 atom stereocenters. The Bertz CT molecular complexity index is 1480. The van der Waals surface area contributed by atoms with Crippen LogP contribution in [-0.4, -0.2) is 51.5 Å². The molecule has 1 aliphatic heterocycles. The van der Waals surface area contributed by atoms with Crippen LogP contribution in [0.2, 0.25) is 0 Å². The number of β-amino-alcohol motifs (C(OH)–C–C–N with tert-alkyl or cyclic N) is 1. The van der Waals surface area contributed by atoms with E-state index in [2.05, 4.69) is 4.98 Å². The summed E-state index contributed by atoms with van der Waals surface area (Å²) in [5, 5.41) is 12.1. The number of carbonyl (C=O) groups is 1. The molecule has 37 heavy (non-hydrogen) atoms. The number of aromatic nitrogens is 2. The highest BCUT2D eigenvalue weighted by atomic mass is 19.4. The average molecular weight is 520 g/mol. The third-order valence-electron chi connectivity index (χ3n) is 7.42. The van der Waals surface area contributed by atoms with Crippen LogP contribution in [0.5, 0.6) is 0 Å². The van der Waals surface area contributed by atoms with Gasteiger partial charge in [-0.25, -0.2) is 13.8 Å². The number of piperidine rings is 1. The normalized spacial score (nSPS) is 23.7. The van der Waals surface area contributed by atoms with Gasteiger partial charge in [-0.05, 0) is 49.4 Å². The first-order valence-electron chi connectivity index (χ1n) is 11.8. The maximum Gasteiger partial charge on any atom is 0.408 e. The van der Waals surface area contributed by atoms with Gasteiger partial charge in [-0.15, -0.1) is 0 Å². The van der Waals surface area contributed by atoms with Crippen LogP contribution in [-0.2, 0) is 0 Å². The molecule has 194 valence electrons. The summed E-state index contributed by atoms with van der Waals surface area (Å²) in [5.41, 5.74) is -3.24. The Morgan fingerprint density at radius 3 is 2.46 bits per heavy atom. The number of fused-ring (bicyclic) bond motifs is 2. The zero-order valence-electron chi connectivity index (χ0n) is 19.2. The van der Waals surface area contributed by atoms with Crippen LogP contribution >= 0.6 is 0 Å². The van der Waals surface area contributed by atoms with Crippen LogP contribution in [0.25, 0.3) is 16.7 Å². The lowest BCUT2D eigenvalue weighted by Crippen LogP contribution is -2.48. The van der Waals surface area contributed by atoms with Crippen LogP contribution in [0, 0.1) is 23.5 Å². The number of para-hydroxylation sites is 1. The molecule has 3 aliphatic rings. The van der Waals surface area contributed by atoms with Crippen molar-refractivity contribution < 1.29 is 31.9 Å². The quantitative estimate of drug-likeness (QED) is 0.505. The molecular weight excluding hydrogens is 499 g/mol. The fourth-order valence-electron chi connectivity index (χ4n) is 5.17. The number of amides is 1. The van der Waals surface area contributed by atoms with Crippen molar-refractivity contribution in [3.8, 4) is 5.69 Å². The Balaban J connectivity index is 1.49. The average Bonchev–Trinajstić information content (AvgIpc) is 3.75. The van der Waals surface area contributed by atoms with E-state index in [9.17, 15) is 36.6 Å². The van der Waals surface area contributed by atoms with Gasteiger partial charge in [-0.1, -0.05) is 6.07 Å². The molecule has 12 heteroatoms. The number of benzene rings is 1. The fraction of sp³-hybridized carbons (Fsp3) is 0.400. The number of pyridine rings is 2. The zero-order chi connectivity index (χ0) is 26.3. The molecule has 3 heterocycles. The smallest absolute Gasteiger partial charge is 0.388 e. The molecule has 3 aromatic rings. The molecule has 2 saturated carbocycles. The summed E-state index contributed by atoms with van der Waals surface area (Å²) in [6.07, 6.45) is -2.66. The number of rotatable bonds is 5. The first-order chi connectivity index (χ1) is 17.5. The molecule has 1 saturated heterocycles. The molecule has 0 radical (unpaired) electrons. The molecule has 0 spiro atoms. The second-order valence-corrected chi connectivity index (χ2v) is 10.1. The van der Waals surface area contributed by atoms with Crippen LogP contribution in [0.15, 0.2) is 41.3 Å². The van der Waals surface area contributed by atoms with Crippen LogP contribution in [0.1, 0.15) is 29.6 Å². The molecule has 7 nitrogen and oxygen atoms in total. The minimum absolute atomic E-state index is 0.0790. The van der Waals surface area contributed by atoms with Gasteiger partial charge in [-0.2, -0.15) is 13.2 Å². The highest BCUT2D eigenvalue weighted by Gasteiger charge is 2.59. The molecule has 1 amide bonds. The second kappa shape index (κ2) is 7.98. The lowest BCUT2D eigenvalue weighted by atomic mass is 10.1. The number of aliphatic hydroxyl groups is 1. The molecule has 2 aromatic heterocycles. The summed E-state index contributed by atoms with van der Waals surface area (Å²) in [6.45, 7) is 0.808. The van der Waals surface area contributed by atoms with Crippen molar-refractivity contribution in [3.63, 3.8) is 0 Å². The lowest BCUT2D eigenvalue weighted by molar-refractivity contribution is -0.158. The Morgan fingerprint density at radius 2 is 1.86 bits per heavy atom. The summed E-state index contributed by atoms with van der Waals surface area (Å²) in [5.74, 6) is -3.70. The maximum atomic E-state index is 14.8. The van der Waals surface area contributed by atoms with Gasteiger partial charge in [0.15, 0.2) is 5.65 Å². The van der Waals surface area contributed by atoms with Gasteiger partial charge in [0.05, 0.1) is 11.0 Å². The van der Waals surface area contributed by atoms with E-state index in [-0.39, 0.29) is 29.8 Å². The molecule has 3 fully saturated rings. The minimum atomic E-state index is -4.72. The third kappa shape index (κ3) is 4.03. The Morgan fingerprint density at radius 1 is 1.16 bits per heavy atom. The summed E-state index contributed by atoms with van der Waals surface area (Å²) in [7, 11) is 0. The van der Waals surface area contributed by atoms with E-state index in [0.717, 1.165) is 29.0 Å². The molecule has 6 rings (SSSR count). The SMILES string of the molecule is O=C(N[C@H](C1CC1)C(F)(F)F)c1cn(-c2c(F)cccc2F)c2nc(N3CC4CC4(O)C3)ccc2c1=O. The van der Waals surface area contributed by atoms with Crippen LogP contribution in [0.3, 0.4) is 0 Å². The molecule has 2 aliphatic carbocycles. The van der Waals surface area contributed by atoms with E-state index in [1.54, 1.807) is 4.90 Å². The summed E-state index contributed by atoms with van der Waals surface area (Å²) >= 11 is 0. The Labute approximate surface area is 206 Å². The summed E-state index contributed by atoms with van der Waals surface area (Å²) in [6, 6.07) is 3.74. The van der Waals surface area contributed by atoms with Crippen molar-refractivity contribution in [2.75, 3.05) is 18.0 Å². The molecule has 0 bridgehead atoms.